The van der Waals surface area contributed by atoms with Gasteiger partial charge in [0.15, 0.2) is 5.11 Å². The number of nitrogens with zero attached hydrogens (tertiary/aromatic N) is 1. The molecular formula is C21H24N4O2S. The molecule has 2 aromatic carbocycles. The second-order valence-corrected chi connectivity index (χ2v) is 7.61. The van der Waals surface area contributed by atoms with Gasteiger partial charge >= 0.3 is 6.03 Å². The van der Waals surface area contributed by atoms with E-state index in [4.69, 9.17) is 12.2 Å². The van der Waals surface area contributed by atoms with E-state index in [1.807, 2.05) is 62.4 Å². The Balaban J connectivity index is 1.64. The quantitative estimate of drug-likeness (QED) is 0.533. The van der Waals surface area contributed by atoms with Crippen LogP contribution in [-0.4, -0.2) is 27.6 Å². The molecule has 28 heavy (non-hydrogen) atoms. The average Bonchev–Trinajstić information content (AvgIpc) is 2.88. The number of urea groups is 1. The molecule has 1 atom stereocenters. The van der Waals surface area contributed by atoms with E-state index in [-0.39, 0.29) is 11.0 Å². The highest BCUT2D eigenvalue weighted by molar-refractivity contribution is 7.80. The first kappa shape index (κ1) is 19.8. The summed E-state index contributed by atoms with van der Waals surface area (Å²) < 4.78 is 0. The Kier molecular flexibility index (Phi) is 5.65. The largest absolute Gasteiger partial charge is 0.344 e. The number of anilines is 1. The topological polar surface area (TPSA) is 73.5 Å². The van der Waals surface area contributed by atoms with Gasteiger partial charge in [-0.15, -0.1) is 0 Å². The van der Waals surface area contributed by atoms with Crippen LogP contribution < -0.4 is 16.1 Å². The van der Waals surface area contributed by atoms with E-state index in [1.54, 1.807) is 6.92 Å². The number of hydrogen-bond donors (Lipinski definition) is 3. The molecule has 3 N–H and O–H groups in total. The lowest BCUT2D eigenvalue weighted by molar-refractivity contribution is -0.132. The Morgan fingerprint density at radius 2 is 1.82 bits per heavy atom. The molecule has 7 heteroatoms. The van der Waals surface area contributed by atoms with Crippen molar-refractivity contribution in [1.82, 2.24) is 15.8 Å². The van der Waals surface area contributed by atoms with Crippen molar-refractivity contribution in [3.05, 3.63) is 65.2 Å². The molecule has 0 bridgehead atoms. The van der Waals surface area contributed by atoms with Crippen LogP contribution in [0.1, 0.15) is 30.0 Å². The van der Waals surface area contributed by atoms with Crippen molar-refractivity contribution < 1.29 is 9.59 Å². The molecule has 146 valence electrons. The van der Waals surface area contributed by atoms with E-state index >= 15 is 0 Å². The van der Waals surface area contributed by atoms with Gasteiger partial charge in [0.05, 0.1) is 0 Å². The molecule has 1 aliphatic heterocycles. The Morgan fingerprint density at radius 3 is 2.54 bits per heavy atom. The van der Waals surface area contributed by atoms with Crippen molar-refractivity contribution in [2.75, 3.05) is 5.32 Å². The van der Waals surface area contributed by atoms with E-state index in [9.17, 15) is 9.59 Å². The van der Waals surface area contributed by atoms with Crippen LogP contribution in [0.3, 0.4) is 0 Å². The lowest BCUT2D eigenvalue weighted by Gasteiger charge is -2.22. The predicted molar refractivity (Wildman–Crippen MR) is 114 cm³/mol. The molecule has 0 aliphatic carbocycles. The Hall–Kier alpha value is -2.93. The number of nitrogens with one attached hydrogen (secondary N) is 3. The number of carbonyl (C=O) groups excluding carboxylic acids is 2. The maximum absolute atomic E-state index is 12.9. The van der Waals surface area contributed by atoms with Crippen LogP contribution in [0.2, 0.25) is 0 Å². The third-order valence-corrected chi connectivity index (χ3v) is 5.28. The highest BCUT2D eigenvalue weighted by Gasteiger charge is 2.48. The summed E-state index contributed by atoms with van der Waals surface area (Å²) in [5.74, 6) is -0.349. The molecule has 0 aromatic heterocycles. The SMILES string of the molecule is Cc1cccc(NC(=S)NN2C(=O)N[C@](C)(CCc3ccccc3)C2=O)c1C. The van der Waals surface area contributed by atoms with Crippen molar-refractivity contribution in [3.8, 4) is 0 Å². The van der Waals surface area contributed by atoms with E-state index < -0.39 is 11.6 Å². The van der Waals surface area contributed by atoms with E-state index in [2.05, 4.69) is 16.1 Å². The molecule has 1 heterocycles. The summed E-state index contributed by atoms with van der Waals surface area (Å²) in [6.45, 7) is 5.72. The predicted octanol–water partition coefficient (Wildman–Crippen LogP) is 3.45. The van der Waals surface area contributed by atoms with Gasteiger partial charge in [-0.1, -0.05) is 42.5 Å². The molecule has 1 aliphatic rings. The van der Waals surface area contributed by atoms with Gasteiger partial charge in [0.25, 0.3) is 5.91 Å². The number of amides is 3. The molecule has 6 nitrogen and oxygen atoms in total. The van der Waals surface area contributed by atoms with Gasteiger partial charge in [-0.25, -0.2) is 4.79 Å². The summed E-state index contributed by atoms with van der Waals surface area (Å²) in [6, 6.07) is 15.2. The first-order valence-electron chi connectivity index (χ1n) is 9.15. The molecule has 3 amide bonds. The molecule has 3 rings (SSSR count). The summed E-state index contributed by atoms with van der Waals surface area (Å²) in [5.41, 5.74) is 5.86. The van der Waals surface area contributed by atoms with Crippen LogP contribution in [-0.2, 0) is 11.2 Å². The van der Waals surface area contributed by atoms with Crippen LogP contribution in [0.4, 0.5) is 10.5 Å². The number of imide groups is 1. The highest BCUT2D eigenvalue weighted by Crippen LogP contribution is 2.23. The Bertz CT molecular complexity index is 916. The van der Waals surface area contributed by atoms with Crippen LogP contribution in [0.25, 0.3) is 0 Å². The normalized spacial score (nSPS) is 18.8. The Morgan fingerprint density at radius 1 is 1.11 bits per heavy atom. The number of benzene rings is 2. The van der Waals surface area contributed by atoms with Gasteiger partial charge < -0.3 is 10.6 Å². The first-order valence-corrected chi connectivity index (χ1v) is 9.55. The molecule has 2 aromatic rings. The average molecular weight is 397 g/mol. The van der Waals surface area contributed by atoms with Crippen LogP contribution in [0.5, 0.6) is 0 Å². The van der Waals surface area contributed by atoms with Crippen molar-refractivity contribution in [1.29, 1.82) is 0 Å². The van der Waals surface area contributed by atoms with Crippen LogP contribution >= 0.6 is 12.2 Å². The van der Waals surface area contributed by atoms with E-state index in [0.29, 0.717) is 12.8 Å². The van der Waals surface area contributed by atoms with E-state index in [0.717, 1.165) is 27.4 Å². The number of rotatable bonds is 5. The third-order valence-electron chi connectivity index (χ3n) is 5.08. The first-order chi connectivity index (χ1) is 13.3. The molecule has 1 saturated heterocycles. The van der Waals surface area contributed by atoms with Crippen LogP contribution in [0, 0.1) is 13.8 Å². The van der Waals surface area contributed by atoms with Gasteiger partial charge in [0, 0.05) is 5.69 Å². The summed E-state index contributed by atoms with van der Waals surface area (Å²) in [6.07, 6.45) is 1.18. The lowest BCUT2D eigenvalue weighted by Crippen LogP contribution is -2.50. The summed E-state index contributed by atoms with van der Waals surface area (Å²) in [4.78, 5) is 25.2. The van der Waals surface area contributed by atoms with E-state index in [1.165, 1.54) is 0 Å². The number of thiocarbonyl (C=S) groups is 1. The molecule has 0 radical (unpaired) electrons. The van der Waals surface area contributed by atoms with Gasteiger partial charge in [0.1, 0.15) is 5.54 Å². The number of hydrogen-bond acceptors (Lipinski definition) is 3. The zero-order valence-corrected chi connectivity index (χ0v) is 17.0. The van der Waals surface area contributed by atoms with Crippen molar-refractivity contribution in [2.45, 2.75) is 39.2 Å². The molecular weight excluding hydrogens is 372 g/mol. The second kappa shape index (κ2) is 7.98. The number of carbonyl (C=O) groups is 2. The summed E-state index contributed by atoms with van der Waals surface area (Å²) >= 11 is 5.30. The second-order valence-electron chi connectivity index (χ2n) is 7.20. The fraction of sp³-hybridized carbons (Fsp3) is 0.286. The third kappa shape index (κ3) is 4.14. The Labute approximate surface area is 170 Å². The zero-order chi connectivity index (χ0) is 20.3. The fourth-order valence-corrected chi connectivity index (χ4v) is 3.33. The van der Waals surface area contributed by atoms with Crippen LogP contribution in [0.15, 0.2) is 48.5 Å². The molecule has 1 fully saturated rings. The van der Waals surface area contributed by atoms with Crippen molar-refractivity contribution >= 4 is 35.0 Å². The fourth-order valence-electron chi connectivity index (χ4n) is 3.13. The summed E-state index contributed by atoms with van der Waals surface area (Å²) in [5, 5.41) is 6.96. The summed E-state index contributed by atoms with van der Waals surface area (Å²) in [7, 11) is 0. The zero-order valence-electron chi connectivity index (χ0n) is 16.2. The van der Waals surface area contributed by atoms with Gasteiger partial charge in [0.2, 0.25) is 0 Å². The molecule has 0 unspecified atom stereocenters. The number of hydrazine groups is 1. The number of aryl methyl sites for hydroxylation is 2. The maximum atomic E-state index is 12.9. The minimum atomic E-state index is -0.977. The van der Waals surface area contributed by atoms with Crippen molar-refractivity contribution in [3.63, 3.8) is 0 Å². The molecule has 0 spiro atoms. The highest BCUT2D eigenvalue weighted by atomic mass is 32.1. The van der Waals surface area contributed by atoms with Gasteiger partial charge in [-0.2, -0.15) is 5.01 Å². The smallest absolute Gasteiger partial charge is 0.331 e. The lowest BCUT2D eigenvalue weighted by atomic mass is 9.93. The standard InChI is InChI=1S/C21H24N4O2S/c1-14-8-7-11-17(15(14)2)22-19(28)24-25-18(26)21(3,23-20(25)27)13-12-16-9-5-4-6-10-16/h4-11H,12-13H2,1-3H3,(H,23,27)(H2,22,24,28)/t21-/m1/s1. The van der Waals surface area contributed by atoms with Gasteiger partial charge in [-0.05, 0) is 68.6 Å². The minimum Gasteiger partial charge on any atom is -0.331 e. The maximum Gasteiger partial charge on any atom is 0.344 e. The minimum absolute atomic E-state index is 0.185. The monoisotopic (exact) mass is 396 g/mol. The van der Waals surface area contributed by atoms with Crippen molar-refractivity contribution in [2.24, 2.45) is 0 Å². The van der Waals surface area contributed by atoms with Gasteiger partial charge in [-0.3, -0.25) is 10.2 Å². The molecule has 0 saturated carbocycles.